The Morgan fingerprint density at radius 2 is 2.39 bits per heavy atom. The molecule has 0 aromatic heterocycles. The fourth-order valence-electron chi connectivity index (χ4n) is 2.16. The number of amides is 2. The van der Waals surface area contributed by atoms with Gasteiger partial charge >= 0.3 is 6.03 Å². The summed E-state index contributed by atoms with van der Waals surface area (Å²) in [4.78, 5) is 11.7. The summed E-state index contributed by atoms with van der Waals surface area (Å²) in [6.45, 7) is 3.92. The molecule has 1 aromatic rings. The van der Waals surface area contributed by atoms with Crippen molar-refractivity contribution in [2.24, 2.45) is 5.92 Å². The maximum Gasteiger partial charge on any atom is 0.319 e. The van der Waals surface area contributed by atoms with Gasteiger partial charge in [0.25, 0.3) is 0 Å². The van der Waals surface area contributed by atoms with Crippen LogP contribution in [0.3, 0.4) is 0 Å². The van der Waals surface area contributed by atoms with E-state index in [4.69, 9.17) is 0 Å². The Bertz CT molecular complexity index is 418. The van der Waals surface area contributed by atoms with Gasteiger partial charge in [-0.3, -0.25) is 0 Å². The van der Waals surface area contributed by atoms with Crippen molar-refractivity contribution in [3.8, 4) is 0 Å². The van der Waals surface area contributed by atoms with E-state index in [9.17, 15) is 9.18 Å². The predicted molar refractivity (Wildman–Crippen MR) is 69.0 cm³/mol. The van der Waals surface area contributed by atoms with Gasteiger partial charge in [0, 0.05) is 11.7 Å². The second kappa shape index (κ2) is 5.82. The molecule has 2 rings (SSSR count). The molecule has 18 heavy (non-hydrogen) atoms. The zero-order valence-electron chi connectivity index (χ0n) is 10.4. The molecular formula is C13H18FN3O. The van der Waals surface area contributed by atoms with Crippen LogP contribution in [0.25, 0.3) is 0 Å². The van der Waals surface area contributed by atoms with Gasteiger partial charge in [-0.2, -0.15) is 0 Å². The number of anilines is 1. The van der Waals surface area contributed by atoms with Crippen LogP contribution >= 0.6 is 0 Å². The van der Waals surface area contributed by atoms with E-state index in [0.29, 0.717) is 11.6 Å². The zero-order chi connectivity index (χ0) is 13.0. The lowest BCUT2D eigenvalue weighted by Crippen LogP contribution is -2.41. The highest BCUT2D eigenvalue weighted by Gasteiger charge is 2.22. The quantitative estimate of drug-likeness (QED) is 0.769. The van der Waals surface area contributed by atoms with E-state index in [1.807, 2.05) is 6.92 Å². The van der Waals surface area contributed by atoms with Crippen molar-refractivity contribution < 1.29 is 9.18 Å². The second-order valence-electron chi connectivity index (χ2n) is 4.65. The number of hydrogen-bond donors (Lipinski definition) is 3. The maximum absolute atomic E-state index is 12.9. The topological polar surface area (TPSA) is 53.2 Å². The summed E-state index contributed by atoms with van der Waals surface area (Å²) in [5.74, 6) is 0.101. The Kier molecular flexibility index (Phi) is 4.15. The van der Waals surface area contributed by atoms with E-state index in [2.05, 4.69) is 16.0 Å². The molecule has 0 aliphatic carbocycles. The molecule has 1 saturated heterocycles. The molecule has 1 aliphatic heterocycles. The monoisotopic (exact) mass is 251 g/mol. The van der Waals surface area contributed by atoms with Gasteiger partial charge in [0.1, 0.15) is 5.82 Å². The summed E-state index contributed by atoms with van der Waals surface area (Å²) < 4.78 is 12.9. The molecule has 3 N–H and O–H groups in total. The Balaban J connectivity index is 1.84. The van der Waals surface area contributed by atoms with Crippen molar-refractivity contribution in [2.75, 3.05) is 18.4 Å². The summed E-state index contributed by atoms with van der Waals surface area (Å²) in [6, 6.07) is 5.67. The highest BCUT2D eigenvalue weighted by atomic mass is 19.1. The molecule has 1 fully saturated rings. The number of carbonyl (C=O) groups excluding carboxylic acids is 1. The lowest BCUT2D eigenvalue weighted by molar-refractivity contribution is 0.245. The molecule has 0 radical (unpaired) electrons. The van der Waals surface area contributed by atoms with Crippen LogP contribution in [0.2, 0.25) is 0 Å². The van der Waals surface area contributed by atoms with Crippen molar-refractivity contribution in [1.82, 2.24) is 10.6 Å². The third-order valence-electron chi connectivity index (χ3n) is 3.25. The molecule has 1 heterocycles. The number of hydrogen-bond acceptors (Lipinski definition) is 2. The van der Waals surface area contributed by atoms with E-state index < -0.39 is 0 Å². The third kappa shape index (κ3) is 3.43. The first-order valence-electron chi connectivity index (χ1n) is 6.19. The Labute approximate surface area is 106 Å². The van der Waals surface area contributed by atoms with E-state index >= 15 is 0 Å². The molecule has 5 heteroatoms. The number of benzene rings is 1. The molecule has 4 nitrogen and oxygen atoms in total. The van der Waals surface area contributed by atoms with Gasteiger partial charge in [-0.05, 0) is 50.6 Å². The SMILES string of the molecule is CC(NC(=O)Nc1cccc(F)c1)C1CCNC1. The third-order valence-corrected chi connectivity index (χ3v) is 3.25. The van der Waals surface area contributed by atoms with E-state index in [-0.39, 0.29) is 17.9 Å². The highest BCUT2D eigenvalue weighted by Crippen LogP contribution is 2.13. The fraction of sp³-hybridized carbons (Fsp3) is 0.462. The minimum atomic E-state index is -0.360. The van der Waals surface area contributed by atoms with Crippen LogP contribution in [0.4, 0.5) is 14.9 Å². The van der Waals surface area contributed by atoms with Crippen LogP contribution in [0.1, 0.15) is 13.3 Å². The number of nitrogens with one attached hydrogen (secondary N) is 3. The van der Waals surface area contributed by atoms with Crippen molar-refractivity contribution in [3.63, 3.8) is 0 Å². The number of carbonyl (C=O) groups is 1. The Morgan fingerprint density at radius 1 is 1.56 bits per heavy atom. The Hall–Kier alpha value is -1.62. The lowest BCUT2D eigenvalue weighted by atomic mass is 10.0. The van der Waals surface area contributed by atoms with Gasteiger partial charge in [0.05, 0.1) is 0 Å². The minimum absolute atomic E-state index is 0.105. The molecule has 0 bridgehead atoms. The van der Waals surface area contributed by atoms with E-state index in [1.165, 1.54) is 12.1 Å². The number of urea groups is 1. The predicted octanol–water partition coefficient (Wildman–Crippen LogP) is 1.95. The Morgan fingerprint density at radius 3 is 3.06 bits per heavy atom. The van der Waals surface area contributed by atoms with Gasteiger partial charge in [0.2, 0.25) is 0 Å². The molecule has 98 valence electrons. The summed E-state index contributed by atoms with van der Waals surface area (Å²) in [5.41, 5.74) is 0.462. The summed E-state index contributed by atoms with van der Waals surface area (Å²) in [6.07, 6.45) is 1.07. The molecule has 2 atom stereocenters. The second-order valence-corrected chi connectivity index (χ2v) is 4.65. The van der Waals surface area contributed by atoms with E-state index in [0.717, 1.165) is 19.5 Å². The fourth-order valence-corrected chi connectivity index (χ4v) is 2.16. The molecule has 2 amide bonds. The summed E-state index contributed by atoms with van der Waals surface area (Å²) in [5, 5.41) is 8.77. The van der Waals surface area contributed by atoms with Crippen LogP contribution in [0.15, 0.2) is 24.3 Å². The van der Waals surface area contributed by atoms with Gasteiger partial charge in [-0.25, -0.2) is 9.18 Å². The molecule has 0 saturated carbocycles. The average molecular weight is 251 g/mol. The molecule has 1 aromatic carbocycles. The normalized spacial score (nSPS) is 20.4. The van der Waals surface area contributed by atoms with Crippen molar-refractivity contribution >= 4 is 11.7 Å². The van der Waals surface area contributed by atoms with Crippen LogP contribution < -0.4 is 16.0 Å². The first-order valence-corrected chi connectivity index (χ1v) is 6.19. The summed E-state index contributed by atoms with van der Waals surface area (Å²) in [7, 11) is 0. The molecule has 1 aliphatic rings. The summed E-state index contributed by atoms with van der Waals surface area (Å²) >= 11 is 0. The number of halogens is 1. The molecule has 2 unspecified atom stereocenters. The molecule has 0 spiro atoms. The van der Waals surface area contributed by atoms with Crippen molar-refractivity contribution in [3.05, 3.63) is 30.1 Å². The van der Waals surface area contributed by atoms with Gasteiger partial charge < -0.3 is 16.0 Å². The van der Waals surface area contributed by atoms with Gasteiger partial charge in [-0.1, -0.05) is 6.07 Å². The van der Waals surface area contributed by atoms with Crippen LogP contribution in [-0.2, 0) is 0 Å². The van der Waals surface area contributed by atoms with Crippen LogP contribution in [-0.4, -0.2) is 25.2 Å². The van der Waals surface area contributed by atoms with Crippen LogP contribution in [0, 0.1) is 11.7 Å². The average Bonchev–Trinajstić information content (AvgIpc) is 2.81. The first-order chi connectivity index (χ1) is 8.65. The van der Waals surface area contributed by atoms with Gasteiger partial charge in [-0.15, -0.1) is 0 Å². The minimum Gasteiger partial charge on any atom is -0.335 e. The smallest absolute Gasteiger partial charge is 0.319 e. The van der Waals surface area contributed by atoms with Crippen LogP contribution in [0.5, 0.6) is 0 Å². The van der Waals surface area contributed by atoms with Crippen molar-refractivity contribution in [1.29, 1.82) is 0 Å². The lowest BCUT2D eigenvalue weighted by Gasteiger charge is -2.20. The largest absolute Gasteiger partial charge is 0.335 e. The van der Waals surface area contributed by atoms with Crippen molar-refractivity contribution in [2.45, 2.75) is 19.4 Å². The van der Waals surface area contributed by atoms with E-state index in [1.54, 1.807) is 12.1 Å². The molecular weight excluding hydrogens is 233 g/mol. The zero-order valence-corrected chi connectivity index (χ0v) is 10.4. The maximum atomic E-state index is 12.9. The first kappa shape index (κ1) is 12.8. The van der Waals surface area contributed by atoms with Gasteiger partial charge in [0.15, 0.2) is 0 Å². The number of rotatable bonds is 3. The highest BCUT2D eigenvalue weighted by molar-refractivity contribution is 5.89. The standard InChI is InChI=1S/C13H18FN3O/c1-9(10-5-6-15-8-10)16-13(18)17-12-4-2-3-11(14)7-12/h2-4,7,9-10,15H,5-6,8H2,1H3,(H2,16,17,18).